The van der Waals surface area contributed by atoms with Crippen LogP contribution in [0.5, 0.6) is 0 Å². The number of aromatic amines is 1. The Morgan fingerprint density at radius 1 is 1.38 bits per heavy atom. The summed E-state index contributed by atoms with van der Waals surface area (Å²) in [5.41, 5.74) is 2.06. The molecule has 0 aliphatic carbocycles. The van der Waals surface area contributed by atoms with E-state index in [9.17, 15) is 9.18 Å². The van der Waals surface area contributed by atoms with E-state index in [0.29, 0.717) is 17.3 Å². The number of ether oxygens (including phenoxy) is 2. The summed E-state index contributed by atoms with van der Waals surface area (Å²) in [6.45, 7) is 9.83. The van der Waals surface area contributed by atoms with Gasteiger partial charge in [-0.15, -0.1) is 0 Å². The standard InChI is InChI=1S/C21H28FN7O3/c1-11(2)24-20(30)32-14-10-31-18(17(14)22)12-8-16(27-26-12)25-19-13-9-15(21(3,4)5)28-29(13)7-6-23-19/h6-9,11,14,17-18H,10H2,1-5H3,(H,24,30)(H2,23,25,26,27)/t14-,17+,18-/m0/s1. The number of hydrogen-bond donors (Lipinski definition) is 3. The molecule has 3 aromatic heterocycles. The zero-order valence-corrected chi connectivity index (χ0v) is 18.7. The molecule has 3 aromatic rings. The number of rotatable bonds is 5. The van der Waals surface area contributed by atoms with E-state index >= 15 is 0 Å². The first-order valence-corrected chi connectivity index (χ1v) is 10.5. The lowest BCUT2D eigenvalue weighted by Crippen LogP contribution is -2.36. The lowest BCUT2D eigenvalue weighted by molar-refractivity contribution is 0.0615. The van der Waals surface area contributed by atoms with Crippen molar-refractivity contribution in [2.75, 3.05) is 11.9 Å². The Kier molecular flexibility index (Phi) is 5.76. The molecule has 0 bridgehead atoms. The monoisotopic (exact) mass is 445 g/mol. The molecular formula is C21H28FN7O3. The predicted molar refractivity (Wildman–Crippen MR) is 116 cm³/mol. The van der Waals surface area contributed by atoms with Gasteiger partial charge in [0, 0.05) is 29.9 Å². The van der Waals surface area contributed by atoms with Crippen LogP contribution >= 0.6 is 0 Å². The zero-order chi connectivity index (χ0) is 23.0. The van der Waals surface area contributed by atoms with Gasteiger partial charge in [-0.1, -0.05) is 20.8 Å². The lowest BCUT2D eigenvalue weighted by atomic mass is 9.92. The third kappa shape index (κ3) is 4.52. The molecule has 172 valence electrons. The van der Waals surface area contributed by atoms with Crippen molar-refractivity contribution in [1.29, 1.82) is 0 Å². The first-order valence-electron chi connectivity index (χ1n) is 10.5. The highest BCUT2D eigenvalue weighted by atomic mass is 19.1. The van der Waals surface area contributed by atoms with Gasteiger partial charge < -0.3 is 20.1 Å². The van der Waals surface area contributed by atoms with Crippen LogP contribution in [-0.4, -0.2) is 55.8 Å². The highest BCUT2D eigenvalue weighted by Gasteiger charge is 2.42. The van der Waals surface area contributed by atoms with E-state index < -0.39 is 24.5 Å². The molecule has 1 amide bonds. The van der Waals surface area contributed by atoms with Crippen LogP contribution in [0.4, 0.5) is 20.8 Å². The van der Waals surface area contributed by atoms with Crippen molar-refractivity contribution in [1.82, 2.24) is 30.1 Å². The molecular weight excluding hydrogens is 417 g/mol. The Balaban J connectivity index is 1.47. The van der Waals surface area contributed by atoms with Crippen LogP contribution in [0.1, 0.15) is 52.1 Å². The predicted octanol–water partition coefficient (Wildman–Crippen LogP) is 3.41. The molecule has 32 heavy (non-hydrogen) atoms. The summed E-state index contributed by atoms with van der Waals surface area (Å²) in [5, 5.41) is 17.3. The molecule has 0 saturated carbocycles. The van der Waals surface area contributed by atoms with Crippen LogP contribution < -0.4 is 10.6 Å². The second kappa shape index (κ2) is 8.38. The summed E-state index contributed by atoms with van der Waals surface area (Å²) < 4.78 is 27.3. The summed E-state index contributed by atoms with van der Waals surface area (Å²) in [5.74, 6) is 1.03. The summed E-state index contributed by atoms with van der Waals surface area (Å²) in [7, 11) is 0. The summed E-state index contributed by atoms with van der Waals surface area (Å²) >= 11 is 0. The fraction of sp³-hybridized carbons (Fsp3) is 0.524. The molecule has 0 aromatic carbocycles. The smallest absolute Gasteiger partial charge is 0.407 e. The highest BCUT2D eigenvalue weighted by Crippen LogP contribution is 2.34. The lowest BCUT2D eigenvalue weighted by Gasteiger charge is -2.16. The summed E-state index contributed by atoms with van der Waals surface area (Å²) in [6, 6.07) is 3.53. The second-order valence-corrected chi connectivity index (χ2v) is 9.16. The highest BCUT2D eigenvalue weighted by molar-refractivity contribution is 5.72. The average Bonchev–Trinajstić information content (AvgIpc) is 3.40. The van der Waals surface area contributed by atoms with E-state index in [4.69, 9.17) is 9.47 Å². The van der Waals surface area contributed by atoms with Crippen LogP contribution in [0.2, 0.25) is 0 Å². The third-order valence-corrected chi connectivity index (χ3v) is 5.06. The fourth-order valence-corrected chi connectivity index (χ4v) is 3.40. The second-order valence-electron chi connectivity index (χ2n) is 9.16. The Bertz CT molecular complexity index is 1100. The Morgan fingerprint density at radius 2 is 2.16 bits per heavy atom. The van der Waals surface area contributed by atoms with Gasteiger partial charge in [0.05, 0.1) is 18.0 Å². The van der Waals surface area contributed by atoms with Gasteiger partial charge in [-0.25, -0.2) is 18.7 Å². The van der Waals surface area contributed by atoms with Crippen LogP contribution in [-0.2, 0) is 14.9 Å². The van der Waals surface area contributed by atoms with E-state index in [-0.39, 0.29) is 18.1 Å². The van der Waals surface area contributed by atoms with E-state index in [0.717, 1.165) is 11.2 Å². The number of nitrogens with zero attached hydrogens (tertiary/aromatic N) is 4. The maximum Gasteiger partial charge on any atom is 0.407 e. The van der Waals surface area contributed by atoms with Crippen molar-refractivity contribution in [2.24, 2.45) is 0 Å². The van der Waals surface area contributed by atoms with Crippen molar-refractivity contribution in [2.45, 2.75) is 64.5 Å². The molecule has 11 heteroatoms. The number of carbonyl (C=O) groups excluding carboxylic acids is 1. The van der Waals surface area contributed by atoms with Gasteiger partial charge in [-0.2, -0.15) is 10.2 Å². The number of alkyl carbamates (subject to hydrolysis) is 1. The first kappa shape index (κ1) is 22.0. The number of H-pyrrole nitrogens is 1. The average molecular weight is 445 g/mol. The normalized spacial score (nSPS) is 21.3. The number of halogens is 1. The molecule has 10 nitrogen and oxygen atoms in total. The molecule has 1 aliphatic heterocycles. The molecule has 0 spiro atoms. The Hall–Kier alpha value is -3.21. The van der Waals surface area contributed by atoms with Gasteiger partial charge in [0.1, 0.15) is 11.6 Å². The number of fused-ring (bicyclic) bond motifs is 1. The minimum absolute atomic E-state index is 0.0363. The summed E-state index contributed by atoms with van der Waals surface area (Å²) in [4.78, 5) is 16.2. The van der Waals surface area contributed by atoms with Crippen molar-refractivity contribution in [3.05, 3.63) is 35.9 Å². The molecule has 1 fully saturated rings. The van der Waals surface area contributed by atoms with Crippen molar-refractivity contribution in [3.8, 4) is 0 Å². The largest absolute Gasteiger partial charge is 0.441 e. The molecule has 1 saturated heterocycles. The van der Waals surface area contributed by atoms with E-state index in [1.165, 1.54) is 0 Å². The number of anilines is 2. The summed E-state index contributed by atoms with van der Waals surface area (Å²) in [6.07, 6.45) is -0.672. The maximum atomic E-state index is 14.9. The van der Waals surface area contributed by atoms with E-state index in [1.54, 1.807) is 36.8 Å². The molecule has 0 unspecified atom stereocenters. The fourth-order valence-electron chi connectivity index (χ4n) is 3.40. The number of alkyl halides is 1. The molecule has 4 rings (SSSR count). The van der Waals surface area contributed by atoms with Crippen molar-refractivity contribution < 1.29 is 18.7 Å². The molecule has 3 atom stereocenters. The van der Waals surface area contributed by atoms with E-state index in [1.807, 2.05) is 6.07 Å². The van der Waals surface area contributed by atoms with Crippen LogP contribution in [0, 0.1) is 0 Å². The van der Waals surface area contributed by atoms with Gasteiger partial charge in [-0.3, -0.25) is 5.10 Å². The number of nitrogens with one attached hydrogen (secondary N) is 3. The van der Waals surface area contributed by atoms with Crippen LogP contribution in [0.3, 0.4) is 0 Å². The quantitative estimate of drug-likeness (QED) is 0.551. The van der Waals surface area contributed by atoms with Crippen LogP contribution in [0.15, 0.2) is 24.5 Å². The Morgan fingerprint density at radius 3 is 2.88 bits per heavy atom. The van der Waals surface area contributed by atoms with E-state index in [2.05, 4.69) is 51.7 Å². The topological polar surface area (TPSA) is 118 Å². The van der Waals surface area contributed by atoms with Gasteiger partial charge in [0.25, 0.3) is 0 Å². The molecule has 3 N–H and O–H groups in total. The number of amides is 1. The molecule has 0 radical (unpaired) electrons. The minimum atomic E-state index is -1.52. The van der Waals surface area contributed by atoms with Gasteiger partial charge in [0.2, 0.25) is 0 Å². The number of carbonyl (C=O) groups is 1. The SMILES string of the molecule is CC(C)NC(=O)O[C@H]1CO[C@@H](c2cc(Nc3nccn4nc(C(C)(C)C)cc34)n[nH]2)[C@@H]1F. The number of hydrogen-bond acceptors (Lipinski definition) is 7. The number of aromatic nitrogens is 5. The van der Waals surface area contributed by atoms with Gasteiger partial charge in [0.15, 0.2) is 23.9 Å². The van der Waals surface area contributed by atoms with Crippen LogP contribution in [0.25, 0.3) is 5.52 Å². The minimum Gasteiger partial charge on any atom is -0.441 e. The Labute approximate surface area is 184 Å². The first-order chi connectivity index (χ1) is 15.1. The maximum absolute atomic E-state index is 14.9. The van der Waals surface area contributed by atoms with Gasteiger partial charge >= 0.3 is 6.09 Å². The van der Waals surface area contributed by atoms with Crippen molar-refractivity contribution >= 4 is 23.2 Å². The zero-order valence-electron chi connectivity index (χ0n) is 18.7. The molecule has 4 heterocycles. The third-order valence-electron chi connectivity index (χ3n) is 5.06. The van der Waals surface area contributed by atoms with Gasteiger partial charge in [-0.05, 0) is 19.9 Å². The molecule has 1 aliphatic rings. The van der Waals surface area contributed by atoms with Crippen molar-refractivity contribution in [3.63, 3.8) is 0 Å².